The van der Waals surface area contributed by atoms with Gasteiger partial charge in [-0.1, -0.05) is 67.9 Å². The maximum atomic E-state index is 13.1. The van der Waals surface area contributed by atoms with Crippen LogP contribution in [-0.4, -0.2) is 41.9 Å². The van der Waals surface area contributed by atoms with Gasteiger partial charge in [0.25, 0.3) is 5.91 Å². The van der Waals surface area contributed by atoms with Crippen LogP contribution in [0.3, 0.4) is 0 Å². The molecule has 5 nitrogen and oxygen atoms in total. The van der Waals surface area contributed by atoms with Crippen LogP contribution in [0.2, 0.25) is 5.02 Å². The highest BCUT2D eigenvalue weighted by molar-refractivity contribution is 6.32. The maximum absolute atomic E-state index is 13.1. The lowest BCUT2D eigenvalue weighted by atomic mass is 10.1. The molecule has 0 aliphatic heterocycles. The largest absolute Gasteiger partial charge is 0.482 e. The molecule has 0 aromatic heterocycles. The SMILES string of the molecule is CCC(C)NC(=O)C(CC)N(CCc1ccccc1)C(=O)COc1ccccc1Cl. The molecule has 0 aliphatic carbocycles. The second-order valence-corrected chi connectivity index (χ2v) is 7.69. The van der Waals surface area contributed by atoms with Crippen LogP contribution < -0.4 is 10.1 Å². The number of hydrogen-bond acceptors (Lipinski definition) is 3. The second kappa shape index (κ2) is 12.2. The van der Waals surface area contributed by atoms with E-state index in [1.807, 2.05) is 51.1 Å². The molecular formula is C24H31ClN2O3. The Morgan fingerprint density at radius 1 is 1.03 bits per heavy atom. The number of ether oxygens (including phenoxy) is 1. The molecule has 2 amide bonds. The lowest BCUT2D eigenvalue weighted by Gasteiger charge is -2.31. The first-order valence-electron chi connectivity index (χ1n) is 10.5. The molecule has 0 heterocycles. The standard InChI is InChI=1S/C24H31ClN2O3/c1-4-18(3)26-24(29)21(5-2)27(16-15-19-11-7-6-8-12-19)23(28)17-30-22-14-10-9-13-20(22)25/h6-14,18,21H,4-5,15-17H2,1-3H3,(H,26,29). The fourth-order valence-electron chi connectivity index (χ4n) is 3.12. The van der Waals surface area contributed by atoms with Crippen molar-refractivity contribution < 1.29 is 14.3 Å². The normalized spacial score (nSPS) is 12.7. The summed E-state index contributed by atoms with van der Waals surface area (Å²) in [6.07, 6.45) is 2.01. The Morgan fingerprint density at radius 3 is 2.33 bits per heavy atom. The Morgan fingerprint density at radius 2 is 1.70 bits per heavy atom. The lowest BCUT2D eigenvalue weighted by Crippen LogP contribution is -2.52. The van der Waals surface area contributed by atoms with Gasteiger partial charge in [-0.05, 0) is 43.9 Å². The quantitative estimate of drug-likeness (QED) is 0.571. The predicted octanol–water partition coefficient (Wildman–Crippen LogP) is 4.48. The van der Waals surface area contributed by atoms with Gasteiger partial charge in [0.2, 0.25) is 5.91 Å². The van der Waals surface area contributed by atoms with Gasteiger partial charge in [-0.25, -0.2) is 0 Å². The molecule has 0 bridgehead atoms. The number of nitrogens with one attached hydrogen (secondary N) is 1. The number of halogens is 1. The molecule has 0 aliphatic rings. The Bertz CT molecular complexity index is 813. The van der Waals surface area contributed by atoms with Crippen molar-refractivity contribution in [3.8, 4) is 5.75 Å². The number of carbonyl (C=O) groups excluding carboxylic acids is 2. The van der Waals surface area contributed by atoms with Gasteiger partial charge in [0, 0.05) is 12.6 Å². The highest BCUT2D eigenvalue weighted by Gasteiger charge is 2.29. The van der Waals surface area contributed by atoms with Crippen molar-refractivity contribution >= 4 is 23.4 Å². The van der Waals surface area contributed by atoms with E-state index in [0.29, 0.717) is 30.2 Å². The molecule has 2 aromatic rings. The van der Waals surface area contributed by atoms with Crippen LogP contribution >= 0.6 is 11.6 Å². The van der Waals surface area contributed by atoms with E-state index in [9.17, 15) is 9.59 Å². The van der Waals surface area contributed by atoms with E-state index in [4.69, 9.17) is 16.3 Å². The smallest absolute Gasteiger partial charge is 0.261 e. The molecule has 1 N–H and O–H groups in total. The van der Waals surface area contributed by atoms with E-state index in [-0.39, 0.29) is 24.5 Å². The predicted molar refractivity (Wildman–Crippen MR) is 121 cm³/mol. The van der Waals surface area contributed by atoms with Crippen molar-refractivity contribution in [1.82, 2.24) is 10.2 Å². The van der Waals surface area contributed by atoms with Crippen molar-refractivity contribution in [2.75, 3.05) is 13.2 Å². The molecule has 0 saturated carbocycles. The van der Waals surface area contributed by atoms with Crippen LogP contribution in [0.1, 0.15) is 39.2 Å². The number of amides is 2. The topological polar surface area (TPSA) is 58.6 Å². The third-order valence-corrected chi connectivity index (χ3v) is 5.37. The highest BCUT2D eigenvalue weighted by atomic mass is 35.5. The van der Waals surface area contributed by atoms with Crippen molar-refractivity contribution in [3.63, 3.8) is 0 Å². The first kappa shape index (κ1) is 23.7. The van der Waals surface area contributed by atoms with Gasteiger partial charge >= 0.3 is 0 Å². The van der Waals surface area contributed by atoms with Crippen molar-refractivity contribution in [1.29, 1.82) is 0 Å². The van der Waals surface area contributed by atoms with E-state index in [1.54, 1.807) is 29.2 Å². The van der Waals surface area contributed by atoms with Gasteiger partial charge in [-0.3, -0.25) is 9.59 Å². The number of para-hydroxylation sites is 1. The van der Waals surface area contributed by atoms with E-state index in [1.165, 1.54) is 0 Å². The number of benzene rings is 2. The van der Waals surface area contributed by atoms with Gasteiger partial charge in [0.05, 0.1) is 5.02 Å². The highest BCUT2D eigenvalue weighted by Crippen LogP contribution is 2.23. The maximum Gasteiger partial charge on any atom is 0.261 e. The molecule has 30 heavy (non-hydrogen) atoms. The van der Waals surface area contributed by atoms with Gasteiger partial charge in [-0.15, -0.1) is 0 Å². The first-order valence-corrected chi connectivity index (χ1v) is 10.8. The molecule has 162 valence electrons. The zero-order chi connectivity index (χ0) is 21.9. The summed E-state index contributed by atoms with van der Waals surface area (Å²) >= 11 is 6.13. The summed E-state index contributed by atoms with van der Waals surface area (Å²) in [5.74, 6) is 0.0793. The average molecular weight is 431 g/mol. The lowest BCUT2D eigenvalue weighted by molar-refractivity contribution is -0.142. The van der Waals surface area contributed by atoms with E-state index >= 15 is 0 Å². The van der Waals surface area contributed by atoms with Crippen LogP contribution in [0.5, 0.6) is 5.75 Å². The number of rotatable bonds is 11. The number of hydrogen-bond donors (Lipinski definition) is 1. The van der Waals surface area contributed by atoms with Crippen molar-refractivity contribution in [2.45, 2.75) is 52.1 Å². The monoisotopic (exact) mass is 430 g/mol. The zero-order valence-electron chi connectivity index (χ0n) is 17.9. The van der Waals surface area contributed by atoms with Crippen LogP contribution in [0, 0.1) is 0 Å². The Balaban J connectivity index is 2.14. The molecule has 0 fully saturated rings. The van der Waals surface area contributed by atoms with Crippen molar-refractivity contribution in [3.05, 3.63) is 65.2 Å². The van der Waals surface area contributed by atoms with Crippen LogP contribution in [-0.2, 0) is 16.0 Å². The summed E-state index contributed by atoms with van der Waals surface area (Å²) in [5.41, 5.74) is 1.11. The van der Waals surface area contributed by atoms with E-state index < -0.39 is 6.04 Å². The van der Waals surface area contributed by atoms with Gasteiger partial charge in [0.1, 0.15) is 11.8 Å². The molecule has 2 atom stereocenters. The van der Waals surface area contributed by atoms with Gasteiger partial charge < -0.3 is 15.0 Å². The molecule has 0 saturated heterocycles. The third kappa shape index (κ3) is 7.06. The Kier molecular flexibility index (Phi) is 9.68. The summed E-state index contributed by atoms with van der Waals surface area (Å²) in [5, 5.41) is 3.45. The second-order valence-electron chi connectivity index (χ2n) is 7.28. The zero-order valence-corrected chi connectivity index (χ0v) is 18.7. The summed E-state index contributed by atoms with van der Waals surface area (Å²) < 4.78 is 5.65. The number of nitrogens with zero attached hydrogens (tertiary/aromatic N) is 1. The van der Waals surface area contributed by atoms with E-state index in [2.05, 4.69) is 5.32 Å². The summed E-state index contributed by atoms with van der Waals surface area (Å²) in [6, 6.07) is 16.5. The molecule has 2 rings (SSSR count). The van der Waals surface area contributed by atoms with Crippen molar-refractivity contribution in [2.24, 2.45) is 0 Å². The minimum absolute atomic E-state index is 0.0528. The fourth-order valence-corrected chi connectivity index (χ4v) is 3.31. The molecule has 2 unspecified atom stereocenters. The first-order chi connectivity index (χ1) is 14.5. The van der Waals surface area contributed by atoms with Crippen LogP contribution in [0.25, 0.3) is 0 Å². The van der Waals surface area contributed by atoms with E-state index in [0.717, 1.165) is 12.0 Å². The minimum Gasteiger partial charge on any atom is -0.482 e. The van der Waals surface area contributed by atoms with Crippen LogP contribution in [0.4, 0.5) is 0 Å². The van der Waals surface area contributed by atoms with Crippen LogP contribution in [0.15, 0.2) is 54.6 Å². The molecular weight excluding hydrogens is 400 g/mol. The summed E-state index contributed by atoms with van der Waals surface area (Å²) in [6.45, 7) is 6.15. The number of carbonyl (C=O) groups is 2. The average Bonchev–Trinajstić information content (AvgIpc) is 2.76. The third-order valence-electron chi connectivity index (χ3n) is 5.06. The Hall–Kier alpha value is -2.53. The molecule has 2 aromatic carbocycles. The fraction of sp³-hybridized carbons (Fsp3) is 0.417. The molecule has 0 spiro atoms. The molecule has 6 heteroatoms. The molecule has 0 radical (unpaired) electrons. The van der Waals surface area contributed by atoms with Gasteiger partial charge in [-0.2, -0.15) is 0 Å². The Labute approximate surface area is 184 Å². The van der Waals surface area contributed by atoms with Gasteiger partial charge in [0.15, 0.2) is 6.61 Å². The minimum atomic E-state index is -0.551. The summed E-state index contributed by atoms with van der Waals surface area (Å²) in [7, 11) is 0. The summed E-state index contributed by atoms with van der Waals surface area (Å²) in [4.78, 5) is 27.6.